The predicted molar refractivity (Wildman–Crippen MR) is 117 cm³/mol. The number of likely N-dealkylation sites (tertiary alicyclic amines) is 1. The molecule has 1 fully saturated rings. The quantitative estimate of drug-likeness (QED) is 0.533. The highest BCUT2D eigenvalue weighted by Crippen LogP contribution is 2.28. The summed E-state index contributed by atoms with van der Waals surface area (Å²) in [4.78, 5) is 12.0. The Morgan fingerprint density at radius 1 is 1.24 bits per heavy atom. The molecule has 4 rings (SSSR count). The second kappa shape index (κ2) is 8.55. The maximum atomic E-state index is 5.28. The van der Waals surface area contributed by atoms with E-state index in [1.807, 2.05) is 24.3 Å². The fourth-order valence-electron chi connectivity index (χ4n) is 3.96. The van der Waals surface area contributed by atoms with Crippen LogP contribution in [0.5, 0.6) is 5.75 Å². The number of benzene rings is 1. The third kappa shape index (κ3) is 4.21. The summed E-state index contributed by atoms with van der Waals surface area (Å²) >= 11 is 0. The van der Waals surface area contributed by atoms with Crippen LogP contribution < -0.4 is 10.1 Å². The molecular formula is C23H29N5O. The molecule has 0 bridgehead atoms. The Kier molecular flexibility index (Phi) is 5.69. The highest BCUT2D eigenvalue weighted by molar-refractivity contribution is 5.80. The standard InChI is InChI=1S/C23H29N5O/c1-4-24-23(25-14-20-16-28-17(2)6-5-7-22(28)26-20)27-13-12-19(15-27)18-8-10-21(29-3)11-9-18/h5-11,16,19H,4,12-15H2,1-3H3,(H,24,25). The van der Waals surface area contributed by atoms with Gasteiger partial charge >= 0.3 is 0 Å². The highest BCUT2D eigenvalue weighted by Gasteiger charge is 2.26. The topological polar surface area (TPSA) is 54.2 Å². The number of pyridine rings is 1. The van der Waals surface area contributed by atoms with Gasteiger partial charge in [0.1, 0.15) is 11.4 Å². The van der Waals surface area contributed by atoms with Crippen molar-refractivity contribution in [3.63, 3.8) is 0 Å². The number of methoxy groups -OCH3 is 1. The minimum Gasteiger partial charge on any atom is -0.497 e. The second-order valence-electron chi connectivity index (χ2n) is 7.50. The number of aromatic nitrogens is 2. The van der Waals surface area contributed by atoms with Crippen LogP contribution in [-0.4, -0.2) is 47.0 Å². The lowest BCUT2D eigenvalue weighted by Crippen LogP contribution is -2.40. The molecule has 6 heteroatoms. The SMILES string of the molecule is CCNC(=NCc1cn2c(C)cccc2n1)N1CCC(c2ccc(OC)cc2)C1. The molecule has 1 atom stereocenters. The minimum atomic E-state index is 0.516. The van der Waals surface area contributed by atoms with E-state index >= 15 is 0 Å². The molecule has 152 valence electrons. The molecule has 6 nitrogen and oxygen atoms in total. The van der Waals surface area contributed by atoms with Crippen molar-refractivity contribution in [1.82, 2.24) is 19.6 Å². The number of rotatable bonds is 5. The minimum absolute atomic E-state index is 0.516. The Labute approximate surface area is 172 Å². The summed E-state index contributed by atoms with van der Waals surface area (Å²) in [5, 5.41) is 3.45. The third-order valence-electron chi connectivity index (χ3n) is 5.55. The van der Waals surface area contributed by atoms with E-state index < -0.39 is 0 Å². The molecule has 29 heavy (non-hydrogen) atoms. The maximum Gasteiger partial charge on any atom is 0.194 e. The highest BCUT2D eigenvalue weighted by atomic mass is 16.5. The summed E-state index contributed by atoms with van der Waals surface area (Å²) in [7, 11) is 1.70. The van der Waals surface area contributed by atoms with Gasteiger partial charge in [0.25, 0.3) is 0 Å². The lowest BCUT2D eigenvalue weighted by atomic mass is 9.98. The first-order valence-corrected chi connectivity index (χ1v) is 10.3. The van der Waals surface area contributed by atoms with Crippen LogP contribution >= 0.6 is 0 Å². The molecule has 0 aliphatic carbocycles. The zero-order valence-corrected chi connectivity index (χ0v) is 17.4. The van der Waals surface area contributed by atoms with Gasteiger partial charge in [-0.15, -0.1) is 0 Å². The largest absolute Gasteiger partial charge is 0.497 e. The maximum absolute atomic E-state index is 5.28. The van der Waals surface area contributed by atoms with E-state index in [-0.39, 0.29) is 0 Å². The smallest absolute Gasteiger partial charge is 0.194 e. The summed E-state index contributed by atoms with van der Waals surface area (Å²) in [6, 6.07) is 14.6. The number of ether oxygens (including phenoxy) is 1. The van der Waals surface area contributed by atoms with Crippen LogP contribution in [0, 0.1) is 6.92 Å². The van der Waals surface area contributed by atoms with Gasteiger partial charge in [0, 0.05) is 37.4 Å². The van der Waals surface area contributed by atoms with E-state index in [1.54, 1.807) is 7.11 Å². The molecule has 0 radical (unpaired) electrons. The van der Waals surface area contributed by atoms with Crippen LogP contribution in [0.4, 0.5) is 0 Å². The van der Waals surface area contributed by atoms with Crippen molar-refractivity contribution in [3.05, 3.63) is 65.6 Å². The van der Waals surface area contributed by atoms with Gasteiger partial charge in [0.2, 0.25) is 0 Å². The molecule has 1 aliphatic heterocycles. The van der Waals surface area contributed by atoms with Gasteiger partial charge in [-0.2, -0.15) is 0 Å². The van der Waals surface area contributed by atoms with Gasteiger partial charge in [-0.1, -0.05) is 18.2 Å². The number of guanidine groups is 1. The molecule has 0 saturated carbocycles. The predicted octanol–water partition coefficient (Wildman–Crippen LogP) is 3.61. The van der Waals surface area contributed by atoms with E-state index in [1.165, 1.54) is 11.3 Å². The van der Waals surface area contributed by atoms with E-state index in [0.717, 1.165) is 49.1 Å². The number of fused-ring (bicyclic) bond motifs is 1. The summed E-state index contributed by atoms with van der Waals surface area (Å²) in [6.07, 6.45) is 3.21. The monoisotopic (exact) mass is 391 g/mol. The number of aryl methyl sites for hydroxylation is 1. The van der Waals surface area contributed by atoms with Crippen LogP contribution in [0.3, 0.4) is 0 Å². The Bertz CT molecular complexity index is 992. The van der Waals surface area contributed by atoms with Crippen molar-refractivity contribution in [3.8, 4) is 5.75 Å². The fourth-order valence-corrected chi connectivity index (χ4v) is 3.96. The average molecular weight is 392 g/mol. The van der Waals surface area contributed by atoms with Gasteiger partial charge < -0.3 is 19.4 Å². The third-order valence-corrected chi connectivity index (χ3v) is 5.55. The summed E-state index contributed by atoms with van der Waals surface area (Å²) in [5.74, 6) is 2.39. The van der Waals surface area contributed by atoms with Crippen LogP contribution in [0.2, 0.25) is 0 Å². The first-order chi connectivity index (χ1) is 14.2. The Morgan fingerprint density at radius 3 is 2.79 bits per heavy atom. The molecular weight excluding hydrogens is 362 g/mol. The molecule has 0 amide bonds. The molecule has 2 aromatic heterocycles. The fraction of sp³-hybridized carbons (Fsp3) is 0.391. The molecule has 1 saturated heterocycles. The number of aliphatic imine (C=N–C) groups is 1. The van der Waals surface area contributed by atoms with Crippen molar-refractivity contribution in [2.24, 2.45) is 4.99 Å². The van der Waals surface area contributed by atoms with E-state index in [0.29, 0.717) is 12.5 Å². The molecule has 3 aromatic rings. The number of hydrogen-bond donors (Lipinski definition) is 1. The van der Waals surface area contributed by atoms with Crippen molar-refractivity contribution in [2.45, 2.75) is 32.7 Å². The van der Waals surface area contributed by atoms with Gasteiger partial charge in [-0.3, -0.25) is 0 Å². The van der Waals surface area contributed by atoms with Crippen LogP contribution in [0.1, 0.15) is 36.2 Å². The molecule has 1 N–H and O–H groups in total. The van der Waals surface area contributed by atoms with Crippen molar-refractivity contribution in [2.75, 3.05) is 26.7 Å². The number of nitrogens with one attached hydrogen (secondary N) is 1. The van der Waals surface area contributed by atoms with Gasteiger partial charge in [-0.25, -0.2) is 9.98 Å². The van der Waals surface area contributed by atoms with Crippen LogP contribution in [-0.2, 0) is 6.54 Å². The van der Waals surface area contributed by atoms with Gasteiger partial charge in [0.15, 0.2) is 5.96 Å². The Balaban J connectivity index is 1.47. The van der Waals surface area contributed by atoms with Crippen LogP contribution in [0.15, 0.2) is 53.7 Å². The van der Waals surface area contributed by atoms with E-state index in [9.17, 15) is 0 Å². The molecule has 3 heterocycles. The normalized spacial score (nSPS) is 17.1. The summed E-state index contributed by atoms with van der Waals surface area (Å²) in [6.45, 7) is 7.62. The molecule has 1 unspecified atom stereocenters. The zero-order valence-electron chi connectivity index (χ0n) is 17.4. The Hall–Kier alpha value is -3.02. The van der Waals surface area contributed by atoms with Gasteiger partial charge in [0.05, 0.1) is 19.3 Å². The van der Waals surface area contributed by atoms with Crippen molar-refractivity contribution < 1.29 is 4.74 Å². The van der Waals surface area contributed by atoms with E-state index in [4.69, 9.17) is 14.7 Å². The van der Waals surface area contributed by atoms with Crippen molar-refractivity contribution in [1.29, 1.82) is 0 Å². The first kappa shape index (κ1) is 19.3. The number of nitrogens with zero attached hydrogens (tertiary/aromatic N) is 4. The van der Waals surface area contributed by atoms with Gasteiger partial charge in [-0.05, 0) is 50.1 Å². The molecule has 1 aliphatic rings. The average Bonchev–Trinajstić information content (AvgIpc) is 3.39. The summed E-state index contributed by atoms with van der Waals surface area (Å²) < 4.78 is 7.40. The van der Waals surface area contributed by atoms with Crippen molar-refractivity contribution >= 4 is 11.6 Å². The second-order valence-corrected chi connectivity index (χ2v) is 7.50. The lowest BCUT2D eigenvalue weighted by Gasteiger charge is -2.21. The lowest BCUT2D eigenvalue weighted by molar-refractivity contribution is 0.414. The summed E-state index contributed by atoms with van der Waals surface area (Å²) in [5.41, 5.74) is 4.50. The number of hydrogen-bond acceptors (Lipinski definition) is 3. The van der Waals surface area contributed by atoms with Crippen LogP contribution in [0.25, 0.3) is 5.65 Å². The van der Waals surface area contributed by atoms with E-state index in [2.05, 4.69) is 52.9 Å². The first-order valence-electron chi connectivity index (χ1n) is 10.3. The Morgan fingerprint density at radius 2 is 2.07 bits per heavy atom. The molecule has 1 aromatic carbocycles. The zero-order chi connectivity index (χ0) is 20.2. The number of imidazole rings is 1. The molecule has 0 spiro atoms.